The van der Waals surface area contributed by atoms with E-state index in [2.05, 4.69) is 15.3 Å². The molecular weight excluding hydrogens is 332 g/mol. The molecule has 1 amide bonds. The predicted molar refractivity (Wildman–Crippen MR) is 90.4 cm³/mol. The number of hydrogen-bond donors (Lipinski definition) is 1. The molecule has 2 aromatic heterocycles. The van der Waals surface area contributed by atoms with Crippen molar-refractivity contribution in [2.24, 2.45) is 0 Å². The van der Waals surface area contributed by atoms with Crippen molar-refractivity contribution < 1.29 is 9.53 Å². The number of fused-ring (bicyclic) bond motifs is 1. The third-order valence-corrected chi connectivity index (χ3v) is 3.58. The van der Waals surface area contributed by atoms with Crippen LogP contribution in [0.15, 0.2) is 47.7 Å². The summed E-state index contributed by atoms with van der Waals surface area (Å²) in [7, 11) is 1.49. The van der Waals surface area contributed by atoms with Crippen LogP contribution in [-0.4, -0.2) is 27.6 Å². The van der Waals surface area contributed by atoms with Gasteiger partial charge in [0.1, 0.15) is 18.6 Å². The maximum absolute atomic E-state index is 12.4. The summed E-state index contributed by atoms with van der Waals surface area (Å²) in [5.41, 5.74) is 0.440. The molecule has 0 unspecified atom stereocenters. The Hall–Kier alpha value is -2.93. The highest BCUT2D eigenvalue weighted by Crippen LogP contribution is 2.27. The summed E-state index contributed by atoms with van der Waals surface area (Å²) in [6.45, 7) is -0.188. The molecule has 0 aliphatic carbocycles. The Morgan fingerprint density at radius 1 is 1.33 bits per heavy atom. The summed E-state index contributed by atoms with van der Waals surface area (Å²) < 4.78 is 6.39. The number of pyridine rings is 1. The summed E-state index contributed by atoms with van der Waals surface area (Å²) in [5, 5.41) is 3.49. The number of amides is 1. The summed E-state index contributed by atoms with van der Waals surface area (Å²) in [6, 6.07) is 8.14. The first-order valence-electron chi connectivity index (χ1n) is 7.02. The fourth-order valence-corrected chi connectivity index (χ4v) is 2.41. The van der Waals surface area contributed by atoms with Crippen molar-refractivity contribution in [1.82, 2.24) is 14.5 Å². The van der Waals surface area contributed by atoms with Crippen LogP contribution in [0.1, 0.15) is 0 Å². The van der Waals surface area contributed by atoms with Crippen molar-refractivity contribution in [3.63, 3.8) is 0 Å². The van der Waals surface area contributed by atoms with Gasteiger partial charge in [-0.15, -0.1) is 0 Å². The fourth-order valence-electron chi connectivity index (χ4n) is 2.23. The van der Waals surface area contributed by atoms with Gasteiger partial charge in [-0.2, -0.15) is 0 Å². The zero-order chi connectivity index (χ0) is 17.1. The van der Waals surface area contributed by atoms with Crippen LogP contribution in [0.4, 0.5) is 5.69 Å². The van der Waals surface area contributed by atoms with Gasteiger partial charge in [-0.3, -0.25) is 14.2 Å². The Morgan fingerprint density at radius 2 is 2.17 bits per heavy atom. The molecule has 0 saturated carbocycles. The second-order valence-corrected chi connectivity index (χ2v) is 5.38. The van der Waals surface area contributed by atoms with Crippen molar-refractivity contribution in [3.8, 4) is 5.75 Å². The number of aromatic nitrogens is 3. The molecule has 2 heterocycles. The smallest absolute Gasteiger partial charge is 0.263 e. The molecule has 0 fully saturated rings. The van der Waals surface area contributed by atoms with Crippen molar-refractivity contribution in [3.05, 3.63) is 58.2 Å². The van der Waals surface area contributed by atoms with E-state index in [0.717, 1.165) is 0 Å². The number of hydrogen-bond acceptors (Lipinski definition) is 5. The Morgan fingerprint density at radius 3 is 2.96 bits per heavy atom. The molecule has 24 heavy (non-hydrogen) atoms. The molecule has 1 aromatic carbocycles. The SMILES string of the molecule is COc1ccc(Cl)cc1NC(=O)Cn1cnc2ncccc2c1=O. The Labute approximate surface area is 141 Å². The number of benzene rings is 1. The second-order valence-electron chi connectivity index (χ2n) is 4.94. The molecule has 0 bridgehead atoms. The summed E-state index contributed by atoms with van der Waals surface area (Å²) >= 11 is 5.93. The zero-order valence-corrected chi connectivity index (χ0v) is 13.4. The number of ether oxygens (including phenoxy) is 1. The standard InChI is InChI=1S/C16H13ClN4O3/c1-24-13-5-4-10(17)7-12(13)20-14(22)8-21-9-19-15-11(16(21)23)3-2-6-18-15/h2-7,9H,8H2,1H3,(H,20,22). The van der Waals surface area contributed by atoms with Gasteiger partial charge in [0.25, 0.3) is 5.56 Å². The van der Waals surface area contributed by atoms with Gasteiger partial charge in [-0.1, -0.05) is 11.6 Å². The lowest BCUT2D eigenvalue weighted by atomic mass is 10.3. The molecule has 1 N–H and O–H groups in total. The molecular formula is C16H13ClN4O3. The van der Waals surface area contributed by atoms with E-state index in [1.807, 2.05) is 0 Å². The van der Waals surface area contributed by atoms with E-state index < -0.39 is 5.91 Å². The Bertz CT molecular complexity index is 971. The first-order chi connectivity index (χ1) is 11.6. The average molecular weight is 345 g/mol. The Kier molecular flexibility index (Phi) is 4.43. The van der Waals surface area contributed by atoms with Crippen LogP contribution in [0.3, 0.4) is 0 Å². The molecule has 0 aliphatic rings. The molecule has 8 heteroatoms. The van der Waals surface area contributed by atoms with Gasteiger partial charge in [0.15, 0.2) is 5.65 Å². The lowest BCUT2D eigenvalue weighted by Gasteiger charge is -2.11. The van der Waals surface area contributed by atoms with Crippen molar-refractivity contribution >= 4 is 34.2 Å². The predicted octanol–water partition coefficient (Wildman–Crippen LogP) is 2.09. The van der Waals surface area contributed by atoms with Crippen LogP contribution in [0, 0.1) is 0 Å². The monoisotopic (exact) mass is 344 g/mol. The quantitative estimate of drug-likeness (QED) is 0.783. The van der Waals surface area contributed by atoms with Gasteiger partial charge in [0.05, 0.1) is 18.2 Å². The molecule has 7 nitrogen and oxygen atoms in total. The molecule has 122 valence electrons. The minimum Gasteiger partial charge on any atom is -0.495 e. The van der Waals surface area contributed by atoms with Gasteiger partial charge < -0.3 is 10.1 Å². The fraction of sp³-hybridized carbons (Fsp3) is 0.125. The summed E-state index contributed by atoms with van der Waals surface area (Å²) in [5.74, 6) is 0.0728. The van der Waals surface area contributed by atoms with E-state index >= 15 is 0 Å². The van der Waals surface area contributed by atoms with Crippen LogP contribution in [0.5, 0.6) is 5.75 Å². The first kappa shape index (κ1) is 15.9. The second kappa shape index (κ2) is 6.67. The third kappa shape index (κ3) is 3.21. The van der Waals surface area contributed by atoms with E-state index in [1.54, 1.807) is 36.5 Å². The first-order valence-corrected chi connectivity index (χ1v) is 7.40. The van der Waals surface area contributed by atoms with Crippen LogP contribution >= 0.6 is 11.6 Å². The zero-order valence-electron chi connectivity index (χ0n) is 12.7. The number of nitrogens with one attached hydrogen (secondary N) is 1. The van der Waals surface area contributed by atoms with E-state index in [-0.39, 0.29) is 12.1 Å². The lowest BCUT2D eigenvalue weighted by Crippen LogP contribution is -2.28. The maximum Gasteiger partial charge on any atom is 0.263 e. The molecule has 0 atom stereocenters. The highest BCUT2D eigenvalue weighted by atomic mass is 35.5. The molecule has 3 aromatic rings. The van der Waals surface area contributed by atoms with Crippen LogP contribution in [0.2, 0.25) is 5.02 Å². The van der Waals surface area contributed by atoms with Crippen molar-refractivity contribution in [2.75, 3.05) is 12.4 Å². The highest BCUT2D eigenvalue weighted by Gasteiger charge is 2.11. The summed E-state index contributed by atoms with van der Waals surface area (Å²) in [4.78, 5) is 32.7. The number of carbonyl (C=O) groups is 1. The number of carbonyl (C=O) groups excluding carboxylic acids is 1. The number of halogens is 1. The van der Waals surface area contributed by atoms with E-state index in [9.17, 15) is 9.59 Å². The summed E-state index contributed by atoms with van der Waals surface area (Å²) in [6.07, 6.45) is 2.85. The lowest BCUT2D eigenvalue weighted by molar-refractivity contribution is -0.116. The van der Waals surface area contributed by atoms with Gasteiger partial charge >= 0.3 is 0 Å². The van der Waals surface area contributed by atoms with Crippen molar-refractivity contribution in [1.29, 1.82) is 0 Å². The molecule has 0 aliphatic heterocycles. The molecule has 3 rings (SSSR count). The van der Waals surface area contributed by atoms with Crippen molar-refractivity contribution in [2.45, 2.75) is 6.54 Å². The molecule has 0 spiro atoms. The van der Waals surface area contributed by atoms with E-state index in [0.29, 0.717) is 27.5 Å². The third-order valence-electron chi connectivity index (χ3n) is 3.35. The van der Waals surface area contributed by atoms with E-state index in [4.69, 9.17) is 16.3 Å². The van der Waals surface area contributed by atoms with Crippen LogP contribution in [-0.2, 0) is 11.3 Å². The van der Waals surface area contributed by atoms with Gasteiger partial charge in [0, 0.05) is 11.2 Å². The topological polar surface area (TPSA) is 86.1 Å². The van der Waals surface area contributed by atoms with Crippen LogP contribution in [0.25, 0.3) is 11.0 Å². The minimum atomic E-state index is -0.400. The highest BCUT2D eigenvalue weighted by molar-refractivity contribution is 6.31. The largest absolute Gasteiger partial charge is 0.495 e. The van der Waals surface area contributed by atoms with E-state index in [1.165, 1.54) is 18.0 Å². The van der Waals surface area contributed by atoms with Crippen LogP contribution < -0.4 is 15.6 Å². The van der Waals surface area contributed by atoms with Gasteiger partial charge in [-0.05, 0) is 30.3 Å². The number of nitrogens with zero attached hydrogens (tertiary/aromatic N) is 3. The minimum absolute atomic E-state index is 0.188. The molecule has 0 radical (unpaired) electrons. The average Bonchev–Trinajstić information content (AvgIpc) is 2.58. The van der Waals surface area contributed by atoms with Gasteiger partial charge in [0.2, 0.25) is 5.91 Å². The number of rotatable bonds is 4. The maximum atomic E-state index is 12.4. The number of methoxy groups -OCH3 is 1. The Balaban J connectivity index is 1.84. The van der Waals surface area contributed by atoms with Gasteiger partial charge in [-0.25, -0.2) is 9.97 Å². The number of anilines is 1. The normalized spacial score (nSPS) is 10.6. The molecule has 0 saturated heterocycles.